The Morgan fingerprint density at radius 1 is 1.14 bits per heavy atom. The Morgan fingerprint density at radius 2 is 1.94 bits per heavy atom. The molecule has 7 heteroatoms. The van der Waals surface area contributed by atoms with Gasteiger partial charge in [0, 0.05) is 54.9 Å². The molecular formula is C29H30N4O3. The lowest BCUT2D eigenvalue weighted by atomic mass is 9.89. The van der Waals surface area contributed by atoms with Crippen LogP contribution in [0, 0.1) is 6.92 Å². The van der Waals surface area contributed by atoms with Crippen molar-refractivity contribution in [2.45, 2.75) is 32.2 Å². The molecule has 1 fully saturated rings. The van der Waals surface area contributed by atoms with E-state index in [-0.39, 0.29) is 17.7 Å². The van der Waals surface area contributed by atoms with Gasteiger partial charge in [0.25, 0.3) is 5.91 Å². The van der Waals surface area contributed by atoms with Crippen molar-refractivity contribution >= 4 is 28.8 Å². The van der Waals surface area contributed by atoms with Crippen LogP contribution in [-0.2, 0) is 11.3 Å². The molecule has 2 amide bonds. The van der Waals surface area contributed by atoms with Crippen molar-refractivity contribution in [3.63, 3.8) is 0 Å². The molecule has 7 nitrogen and oxygen atoms in total. The molecule has 1 aliphatic heterocycles. The molecule has 1 N–H and O–H groups in total. The quantitative estimate of drug-likeness (QED) is 0.385. The average molecular weight is 483 g/mol. The van der Waals surface area contributed by atoms with Gasteiger partial charge in [-0.15, -0.1) is 0 Å². The van der Waals surface area contributed by atoms with Crippen molar-refractivity contribution in [1.82, 2.24) is 19.8 Å². The first-order chi connectivity index (χ1) is 17.5. The SMILES string of the molecule is Cc1ccc(C(=O)N(C)Cc2ccco2)c(C2CCN(C(=O)C=Cc3c[nH]c4ccccc34)CC2)n1. The predicted molar refractivity (Wildman–Crippen MR) is 139 cm³/mol. The van der Waals surface area contributed by atoms with Gasteiger partial charge in [-0.3, -0.25) is 14.6 Å². The van der Waals surface area contributed by atoms with E-state index in [1.165, 1.54) is 0 Å². The van der Waals surface area contributed by atoms with Crippen LogP contribution in [0.15, 0.2) is 71.5 Å². The summed E-state index contributed by atoms with van der Waals surface area (Å²) in [6.45, 7) is 3.60. The second-order valence-corrected chi connectivity index (χ2v) is 9.35. The molecule has 184 valence electrons. The number of carbonyl (C=O) groups is 2. The van der Waals surface area contributed by atoms with Crippen molar-refractivity contribution in [3.8, 4) is 0 Å². The average Bonchev–Trinajstić information content (AvgIpc) is 3.57. The number of benzene rings is 1. The van der Waals surface area contributed by atoms with Crippen molar-refractivity contribution in [2.75, 3.05) is 20.1 Å². The summed E-state index contributed by atoms with van der Waals surface area (Å²) in [5, 5.41) is 1.10. The summed E-state index contributed by atoms with van der Waals surface area (Å²) >= 11 is 0. The molecule has 0 atom stereocenters. The zero-order valence-electron chi connectivity index (χ0n) is 20.6. The van der Waals surface area contributed by atoms with Gasteiger partial charge in [0.2, 0.25) is 5.91 Å². The lowest BCUT2D eigenvalue weighted by Crippen LogP contribution is -2.37. The van der Waals surface area contributed by atoms with Crippen LogP contribution in [0.1, 0.15) is 51.8 Å². The highest BCUT2D eigenvalue weighted by molar-refractivity contribution is 5.96. The fourth-order valence-electron chi connectivity index (χ4n) is 4.85. The largest absolute Gasteiger partial charge is 0.467 e. The van der Waals surface area contributed by atoms with Gasteiger partial charge in [-0.25, -0.2) is 0 Å². The molecule has 4 aromatic rings. The van der Waals surface area contributed by atoms with Crippen molar-refractivity contribution in [3.05, 3.63) is 95.3 Å². The van der Waals surface area contributed by atoms with Crippen LogP contribution in [0.2, 0.25) is 0 Å². The molecule has 4 heterocycles. The summed E-state index contributed by atoms with van der Waals surface area (Å²) in [7, 11) is 1.77. The number of nitrogens with zero attached hydrogens (tertiary/aromatic N) is 3. The summed E-state index contributed by atoms with van der Waals surface area (Å²) in [4.78, 5) is 37.7. The molecule has 0 spiro atoms. The number of para-hydroxylation sites is 1. The van der Waals surface area contributed by atoms with Crippen LogP contribution in [-0.4, -0.2) is 51.7 Å². The third-order valence-corrected chi connectivity index (χ3v) is 6.83. The molecule has 0 unspecified atom stereocenters. The number of carbonyl (C=O) groups excluding carboxylic acids is 2. The Labute approximate surface area is 210 Å². The number of amides is 2. The number of furan rings is 1. The lowest BCUT2D eigenvalue weighted by Gasteiger charge is -2.32. The van der Waals surface area contributed by atoms with E-state index in [0.29, 0.717) is 25.2 Å². The van der Waals surface area contributed by atoms with Crippen LogP contribution in [0.4, 0.5) is 0 Å². The van der Waals surface area contributed by atoms with Gasteiger partial charge in [0.05, 0.1) is 24.1 Å². The number of rotatable bonds is 6. The number of hydrogen-bond acceptors (Lipinski definition) is 4. The molecule has 1 saturated heterocycles. The highest BCUT2D eigenvalue weighted by Crippen LogP contribution is 2.30. The second kappa shape index (κ2) is 10.2. The molecule has 0 bridgehead atoms. The standard InChI is InChI=1S/C29H30N4O3/c1-20-9-11-25(29(35)32(2)19-23-6-5-17-36-23)28(31-20)21-13-15-33(16-14-21)27(34)12-10-22-18-30-26-8-4-3-7-24(22)26/h3-12,17-18,21,30H,13-16,19H2,1-2H3. The Hall–Kier alpha value is -4.13. The van der Waals surface area contributed by atoms with Crippen LogP contribution < -0.4 is 0 Å². The van der Waals surface area contributed by atoms with E-state index < -0.39 is 0 Å². The summed E-state index contributed by atoms with van der Waals surface area (Å²) < 4.78 is 5.40. The van der Waals surface area contributed by atoms with Gasteiger partial charge < -0.3 is 19.2 Å². The minimum atomic E-state index is -0.0749. The number of hydrogen-bond donors (Lipinski definition) is 1. The van der Waals surface area contributed by atoms with Crippen LogP contribution >= 0.6 is 0 Å². The van der Waals surface area contributed by atoms with Gasteiger partial charge in [-0.05, 0) is 61.7 Å². The van der Waals surface area contributed by atoms with Crippen LogP contribution in [0.3, 0.4) is 0 Å². The summed E-state index contributed by atoms with van der Waals surface area (Å²) in [5.74, 6) is 0.793. The van der Waals surface area contributed by atoms with Crippen molar-refractivity contribution in [1.29, 1.82) is 0 Å². The number of piperidine rings is 1. The van der Waals surface area contributed by atoms with E-state index in [2.05, 4.69) is 4.98 Å². The normalized spacial score (nSPS) is 14.6. The molecule has 5 rings (SSSR count). The Balaban J connectivity index is 1.25. The lowest BCUT2D eigenvalue weighted by molar-refractivity contribution is -0.127. The van der Waals surface area contributed by atoms with E-state index in [9.17, 15) is 9.59 Å². The fourth-order valence-corrected chi connectivity index (χ4v) is 4.85. The maximum absolute atomic E-state index is 13.3. The monoisotopic (exact) mass is 482 g/mol. The van der Waals surface area contributed by atoms with E-state index in [0.717, 1.165) is 46.5 Å². The number of pyridine rings is 1. The van der Waals surface area contributed by atoms with E-state index in [1.54, 1.807) is 24.3 Å². The molecule has 1 aliphatic rings. The number of aryl methyl sites for hydroxylation is 1. The van der Waals surface area contributed by atoms with E-state index in [4.69, 9.17) is 9.40 Å². The highest BCUT2D eigenvalue weighted by atomic mass is 16.3. The highest BCUT2D eigenvalue weighted by Gasteiger charge is 2.28. The van der Waals surface area contributed by atoms with Gasteiger partial charge in [0.1, 0.15) is 5.76 Å². The fraction of sp³-hybridized carbons (Fsp3) is 0.276. The minimum absolute atomic E-state index is 0.00501. The zero-order valence-corrected chi connectivity index (χ0v) is 20.6. The van der Waals surface area contributed by atoms with Crippen LogP contribution in [0.5, 0.6) is 0 Å². The first-order valence-corrected chi connectivity index (χ1v) is 12.3. The van der Waals surface area contributed by atoms with Gasteiger partial charge in [-0.1, -0.05) is 18.2 Å². The maximum atomic E-state index is 13.3. The van der Waals surface area contributed by atoms with Crippen molar-refractivity contribution in [2.24, 2.45) is 0 Å². The number of fused-ring (bicyclic) bond motifs is 1. The first kappa shape index (κ1) is 23.6. The van der Waals surface area contributed by atoms with Gasteiger partial charge >= 0.3 is 0 Å². The number of nitrogens with one attached hydrogen (secondary N) is 1. The summed E-state index contributed by atoms with van der Waals surface area (Å²) in [6, 6.07) is 15.5. The Kier molecular flexibility index (Phi) is 6.71. The van der Waals surface area contributed by atoms with Gasteiger partial charge in [-0.2, -0.15) is 0 Å². The topological polar surface area (TPSA) is 82.4 Å². The summed E-state index contributed by atoms with van der Waals surface area (Å²) in [6.07, 6.45) is 8.60. The number of H-pyrrole nitrogens is 1. The molecular weight excluding hydrogens is 452 g/mol. The first-order valence-electron chi connectivity index (χ1n) is 12.3. The molecule has 0 aliphatic carbocycles. The second-order valence-electron chi connectivity index (χ2n) is 9.35. The Morgan fingerprint density at radius 3 is 2.72 bits per heavy atom. The maximum Gasteiger partial charge on any atom is 0.255 e. The molecule has 0 saturated carbocycles. The molecule has 1 aromatic carbocycles. The Bertz CT molecular complexity index is 1400. The number of likely N-dealkylation sites (tertiary alicyclic amines) is 1. The third kappa shape index (κ3) is 4.96. The van der Waals surface area contributed by atoms with Crippen LogP contribution in [0.25, 0.3) is 17.0 Å². The van der Waals surface area contributed by atoms with Gasteiger partial charge in [0.15, 0.2) is 0 Å². The third-order valence-electron chi connectivity index (χ3n) is 6.83. The minimum Gasteiger partial charge on any atom is -0.467 e. The number of aromatic amines is 1. The predicted octanol–water partition coefficient (Wildman–Crippen LogP) is 5.16. The van der Waals surface area contributed by atoms with E-state index >= 15 is 0 Å². The molecule has 36 heavy (non-hydrogen) atoms. The smallest absolute Gasteiger partial charge is 0.255 e. The number of aromatic nitrogens is 2. The van der Waals surface area contributed by atoms with Crippen molar-refractivity contribution < 1.29 is 14.0 Å². The molecule has 0 radical (unpaired) electrons. The molecule has 3 aromatic heterocycles. The van der Waals surface area contributed by atoms with E-state index in [1.807, 2.05) is 72.6 Å². The zero-order chi connectivity index (χ0) is 25.1. The summed E-state index contributed by atoms with van der Waals surface area (Å²) in [5.41, 5.74) is 4.39.